The minimum absolute atomic E-state index is 0.0853. The van der Waals surface area contributed by atoms with E-state index in [0.717, 1.165) is 18.2 Å². The average Bonchev–Trinajstić information content (AvgIpc) is 2.12. The molecule has 1 aromatic rings. The normalized spacial score (nSPS) is 10.5. The molecule has 0 bridgehead atoms. The number of allylic oxidation sites excluding steroid dienone is 1. The SMILES string of the molecule is O=CC=Cc1cc(F)c(C(=O)O)c(F)c1. The van der Waals surface area contributed by atoms with Crippen LogP contribution in [-0.2, 0) is 4.79 Å². The number of carbonyl (C=O) groups is 2. The molecule has 1 rings (SSSR count). The fraction of sp³-hybridized carbons (Fsp3) is 0. The Bertz CT molecular complexity index is 415. The molecule has 0 aliphatic heterocycles. The predicted molar refractivity (Wildman–Crippen MR) is 48.4 cm³/mol. The van der Waals surface area contributed by atoms with E-state index < -0.39 is 23.2 Å². The molecular formula is C10H6F2O3. The first-order chi connectivity index (χ1) is 7.06. The van der Waals surface area contributed by atoms with Crippen molar-refractivity contribution < 1.29 is 23.5 Å². The maximum absolute atomic E-state index is 13.0. The highest BCUT2D eigenvalue weighted by atomic mass is 19.1. The van der Waals surface area contributed by atoms with Crippen molar-refractivity contribution in [2.45, 2.75) is 0 Å². The second-order valence-electron chi connectivity index (χ2n) is 2.66. The smallest absolute Gasteiger partial charge is 0.341 e. The molecule has 0 aliphatic carbocycles. The van der Waals surface area contributed by atoms with E-state index in [2.05, 4.69) is 0 Å². The van der Waals surface area contributed by atoms with E-state index in [1.807, 2.05) is 0 Å². The molecule has 0 heterocycles. The number of aromatic carboxylic acids is 1. The van der Waals surface area contributed by atoms with Crippen LogP contribution in [0.15, 0.2) is 18.2 Å². The van der Waals surface area contributed by atoms with Gasteiger partial charge in [0, 0.05) is 0 Å². The van der Waals surface area contributed by atoms with Crippen molar-refractivity contribution in [3.63, 3.8) is 0 Å². The molecule has 78 valence electrons. The first kappa shape index (κ1) is 11.0. The predicted octanol–water partition coefficient (Wildman–Crippen LogP) is 1.88. The van der Waals surface area contributed by atoms with Crippen LogP contribution in [0.2, 0.25) is 0 Å². The third-order valence-electron chi connectivity index (χ3n) is 1.65. The number of benzene rings is 1. The number of aldehydes is 1. The summed E-state index contributed by atoms with van der Waals surface area (Å²) in [5.74, 6) is -4.02. The number of halogens is 2. The van der Waals surface area contributed by atoms with E-state index in [-0.39, 0.29) is 5.56 Å². The topological polar surface area (TPSA) is 54.4 Å². The molecular weight excluding hydrogens is 206 g/mol. The van der Waals surface area contributed by atoms with Crippen molar-refractivity contribution in [1.82, 2.24) is 0 Å². The zero-order valence-electron chi connectivity index (χ0n) is 7.41. The van der Waals surface area contributed by atoms with Crippen LogP contribution in [0.4, 0.5) is 8.78 Å². The standard InChI is InChI=1S/C10H6F2O3/c11-7-4-6(2-1-3-13)5-8(12)9(7)10(14)15/h1-5H,(H,14,15). The summed E-state index contributed by atoms with van der Waals surface area (Å²) in [5, 5.41) is 8.46. The van der Waals surface area contributed by atoms with Gasteiger partial charge in [-0.15, -0.1) is 0 Å². The molecule has 0 saturated carbocycles. The van der Waals surface area contributed by atoms with Crippen LogP contribution in [0.25, 0.3) is 6.08 Å². The molecule has 0 amide bonds. The molecule has 0 radical (unpaired) electrons. The van der Waals surface area contributed by atoms with Crippen molar-refractivity contribution in [1.29, 1.82) is 0 Å². The van der Waals surface area contributed by atoms with E-state index >= 15 is 0 Å². The highest BCUT2D eigenvalue weighted by molar-refractivity contribution is 5.88. The summed E-state index contributed by atoms with van der Waals surface area (Å²) in [6, 6.07) is 1.68. The molecule has 0 saturated heterocycles. The Labute approximate surface area is 83.6 Å². The fourth-order valence-corrected chi connectivity index (χ4v) is 1.04. The van der Waals surface area contributed by atoms with Gasteiger partial charge in [-0.3, -0.25) is 4.79 Å². The van der Waals surface area contributed by atoms with Gasteiger partial charge in [-0.1, -0.05) is 6.08 Å². The summed E-state index contributed by atoms with van der Waals surface area (Å²) in [7, 11) is 0. The summed E-state index contributed by atoms with van der Waals surface area (Å²) < 4.78 is 26.1. The van der Waals surface area contributed by atoms with Gasteiger partial charge in [0.05, 0.1) is 0 Å². The zero-order valence-corrected chi connectivity index (χ0v) is 7.41. The fourth-order valence-electron chi connectivity index (χ4n) is 1.04. The van der Waals surface area contributed by atoms with Gasteiger partial charge in [-0.25, -0.2) is 13.6 Å². The maximum Gasteiger partial charge on any atom is 0.341 e. The van der Waals surface area contributed by atoms with Crippen molar-refractivity contribution in [3.8, 4) is 0 Å². The lowest BCUT2D eigenvalue weighted by Crippen LogP contribution is -2.04. The van der Waals surface area contributed by atoms with Crippen LogP contribution in [0, 0.1) is 11.6 Å². The second-order valence-corrected chi connectivity index (χ2v) is 2.66. The summed E-state index contributed by atoms with van der Waals surface area (Å²) in [4.78, 5) is 20.4. The Balaban J connectivity index is 3.25. The third-order valence-corrected chi connectivity index (χ3v) is 1.65. The van der Waals surface area contributed by atoms with Gasteiger partial charge in [0.25, 0.3) is 0 Å². The number of carbonyl (C=O) groups excluding carboxylic acids is 1. The Hall–Kier alpha value is -2.04. The minimum Gasteiger partial charge on any atom is -0.477 e. The quantitative estimate of drug-likeness (QED) is 0.614. The number of rotatable bonds is 3. The number of carboxylic acid groups (broad SMARTS) is 1. The Morgan fingerprint density at radius 2 is 1.80 bits per heavy atom. The van der Waals surface area contributed by atoms with Crippen molar-refractivity contribution >= 4 is 18.3 Å². The molecule has 5 heteroatoms. The summed E-state index contributed by atoms with van der Waals surface area (Å²) in [6.45, 7) is 0. The lowest BCUT2D eigenvalue weighted by atomic mass is 10.1. The van der Waals surface area contributed by atoms with Gasteiger partial charge in [-0.2, -0.15) is 0 Å². The first-order valence-electron chi connectivity index (χ1n) is 3.90. The van der Waals surface area contributed by atoms with E-state index in [0.29, 0.717) is 6.29 Å². The summed E-state index contributed by atoms with van der Waals surface area (Å²) in [6.07, 6.45) is 2.67. The monoisotopic (exact) mass is 212 g/mol. The average molecular weight is 212 g/mol. The van der Waals surface area contributed by atoms with Crippen LogP contribution in [0.3, 0.4) is 0 Å². The molecule has 0 unspecified atom stereocenters. The summed E-state index contributed by atoms with van der Waals surface area (Å²) in [5.41, 5.74) is -0.916. The van der Waals surface area contributed by atoms with E-state index in [9.17, 15) is 18.4 Å². The van der Waals surface area contributed by atoms with E-state index in [1.54, 1.807) is 0 Å². The maximum atomic E-state index is 13.0. The molecule has 0 atom stereocenters. The van der Waals surface area contributed by atoms with E-state index in [4.69, 9.17) is 5.11 Å². The van der Waals surface area contributed by atoms with Crippen LogP contribution in [0.5, 0.6) is 0 Å². The van der Waals surface area contributed by atoms with E-state index in [1.165, 1.54) is 6.08 Å². The first-order valence-corrected chi connectivity index (χ1v) is 3.90. The van der Waals surface area contributed by atoms with Gasteiger partial charge in [0.15, 0.2) is 0 Å². The highest BCUT2D eigenvalue weighted by Gasteiger charge is 2.16. The van der Waals surface area contributed by atoms with Gasteiger partial charge < -0.3 is 5.11 Å². The highest BCUT2D eigenvalue weighted by Crippen LogP contribution is 2.16. The van der Waals surface area contributed by atoms with Crippen LogP contribution < -0.4 is 0 Å². The number of carboxylic acids is 1. The van der Waals surface area contributed by atoms with Crippen LogP contribution >= 0.6 is 0 Å². The van der Waals surface area contributed by atoms with Crippen molar-refractivity contribution in [2.24, 2.45) is 0 Å². The largest absolute Gasteiger partial charge is 0.477 e. The minimum atomic E-state index is -1.67. The Morgan fingerprint density at radius 1 is 1.27 bits per heavy atom. The zero-order chi connectivity index (χ0) is 11.4. The van der Waals surface area contributed by atoms with Gasteiger partial charge in [-0.05, 0) is 23.8 Å². The molecule has 1 aromatic carbocycles. The molecule has 3 nitrogen and oxygen atoms in total. The molecule has 0 fully saturated rings. The Kier molecular flexibility index (Phi) is 3.28. The molecule has 1 N–H and O–H groups in total. The number of hydrogen-bond acceptors (Lipinski definition) is 2. The third kappa shape index (κ3) is 2.46. The van der Waals surface area contributed by atoms with Gasteiger partial charge in [0.2, 0.25) is 0 Å². The van der Waals surface area contributed by atoms with Crippen molar-refractivity contribution in [2.75, 3.05) is 0 Å². The lowest BCUT2D eigenvalue weighted by molar-refractivity contribution is -0.104. The number of hydrogen-bond donors (Lipinski definition) is 1. The van der Waals surface area contributed by atoms with Crippen molar-refractivity contribution in [3.05, 3.63) is 41.0 Å². The van der Waals surface area contributed by atoms with Crippen LogP contribution in [0.1, 0.15) is 15.9 Å². The Morgan fingerprint density at radius 3 is 2.20 bits per heavy atom. The second kappa shape index (κ2) is 4.45. The van der Waals surface area contributed by atoms with Crippen LogP contribution in [-0.4, -0.2) is 17.4 Å². The lowest BCUT2D eigenvalue weighted by Gasteiger charge is -2.01. The van der Waals surface area contributed by atoms with Gasteiger partial charge >= 0.3 is 5.97 Å². The molecule has 0 aliphatic rings. The summed E-state index contributed by atoms with van der Waals surface area (Å²) >= 11 is 0. The molecule has 0 aromatic heterocycles. The molecule has 15 heavy (non-hydrogen) atoms. The molecule has 0 spiro atoms. The van der Waals surface area contributed by atoms with Gasteiger partial charge in [0.1, 0.15) is 23.5 Å².